The molecule has 0 aliphatic carbocycles. The zero-order chi connectivity index (χ0) is 14.8. The summed E-state index contributed by atoms with van der Waals surface area (Å²) in [4.78, 5) is 17.0. The van der Waals surface area contributed by atoms with Crippen LogP contribution in [-0.4, -0.2) is 23.2 Å². The first-order chi connectivity index (χ1) is 10.2. The lowest BCUT2D eigenvalue weighted by atomic mass is 10.1. The number of ether oxygens (including phenoxy) is 1. The maximum atomic E-state index is 12.6. The first-order valence-electron chi connectivity index (χ1n) is 7.10. The fourth-order valence-corrected chi connectivity index (χ4v) is 2.72. The number of hydrogen-bond donors (Lipinski definition) is 1. The van der Waals surface area contributed by atoms with E-state index in [0.717, 1.165) is 41.1 Å². The third kappa shape index (κ3) is 2.69. The lowest BCUT2D eigenvalue weighted by Gasteiger charge is -2.17. The first-order valence-corrected chi connectivity index (χ1v) is 7.10. The average Bonchev–Trinajstić information content (AvgIpc) is 2.51. The van der Waals surface area contributed by atoms with Crippen molar-refractivity contribution in [1.29, 1.82) is 0 Å². The number of aryl methyl sites for hydroxylation is 1. The van der Waals surface area contributed by atoms with Crippen LogP contribution < -0.4 is 15.6 Å². The van der Waals surface area contributed by atoms with Crippen LogP contribution >= 0.6 is 0 Å². The standard InChI is InChI=1S/C16H19N3O2/c1-11-3-4-15(21-2)12(7-11)9-19-10-18-14-8-17-6-5-13(14)16(19)20/h3-4,7,10,17H,5-6,8-9H2,1-2H3. The fraction of sp³-hybridized carbons (Fsp3) is 0.375. The van der Waals surface area contributed by atoms with Crippen LogP contribution in [-0.2, 0) is 19.5 Å². The first kappa shape index (κ1) is 13.8. The molecule has 110 valence electrons. The highest BCUT2D eigenvalue weighted by Gasteiger charge is 2.16. The van der Waals surface area contributed by atoms with Crippen molar-refractivity contribution in [3.63, 3.8) is 0 Å². The van der Waals surface area contributed by atoms with E-state index < -0.39 is 0 Å². The highest BCUT2D eigenvalue weighted by Crippen LogP contribution is 2.20. The van der Waals surface area contributed by atoms with Crippen molar-refractivity contribution in [2.24, 2.45) is 0 Å². The van der Waals surface area contributed by atoms with Gasteiger partial charge in [0.05, 0.1) is 25.7 Å². The lowest BCUT2D eigenvalue weighted by molar-refractivity contribution is 0.407. The summed E-state index contributed by atoms with van der Waals surface area (Å²) in [6, 6.07) is 5.99. The summed E-state index contributed by atoms with van der Waals surface area (Å²) >= 11 is 0. The van der Waals surface area contributed by atoms with Gasteiger partial charge >= 0.3 is 0 Å². The van der Waals surface area contributed by atoms with Gasteiger partial charge < -0.3 is 10.1 Å². The minimum Gasteiger partial charge on any atom is -0.496 e. The lowest BCUT2D eigenvalue weighted by Crippen LogP contribution is -2.34. The topological polar surface area (TPSA) is 56.2 Å². The van der Waals surface area contributed by atoms with Gasteiger partial charge in [0.2, 0.25) is 0 Å². The van der Waals surface area contributed by atoms with E-state index in [1.165, 1.54) is 0 Å². The molecule has 0 unspecified atom stereocenters. The largest absolute Gasteiger partial charge is 0.496 e. The smallest absolute Gasteiger partial charge is 0.257 e. The van der Waals surface area contributed by atoms with Gasteiger partial charge in [0.1, 0.15) is 5.75 Å². The molecule has 3 rings (SSSR count). The SMILES string of the molecule is COc1ccc(C)cc1Cn1cnc2c(c1=O)CCNC2. The summed E-state index contributed by atoms with van der Waals surface area (Å²) in [5.41, 5.74) is 3.91. The van der Waals surface area contributed by atoms with Gasteiger partial charge in [-0.05, 0) is 26.0 Å². The molecule has 0 spiro atoms. The van der Waals surface area contributed by atoms with Crippen LogP contribution in [0.2, 0.25) is 0 Å². The molecule has 1 aliphatic heterocycles. The second-order valence-electron chi connectivity index (χ2n) is 5.34. The average molecular weight is 285 g/mol. The van der Waals surface area contributed by atoms with E-state index in [1.807, 2.05) is 25.1 Å². The third-order valence-corrected chi connectivity index (χ3v) is 3.84. The number of fused-ring (bicyclic) bond motifs is 1. The third-order valence-electron chi connectivity index (χ3n) is 3.84. The van der Waals surface area contributed by atoms with Gasteiger partial charge in [-0.15, -0.1) is 0 Å². The van der Waals surface area contributed by atoms with Crippen molar-refractivity contribution in [2.75, 3.05) is 13.7 Å². The van der Waals surface area contributed by atoms with Gasteiger partial charge in [0, 0.05) is 17.7 Å². The van der Waals surface area contributed by atoms with Crippen LogP contribution in [0.3, 0.4) is 0 Å². The molecule has 1 aromatic carbocycles. The molecule has 0 saturated carbocycles. The minimum atomic E-state index is 0.0602. The summed E-state index contributed by atoms with van der Waals surface area (Å²) in [5.74, 6) is 0.798. The van der Waals surface area contributed by atoms with E-state index in [2.05, 4.69) is 10.3 Å². The van der Waals surface area contributed by atoms with Crippen molar-refractivity contribution in [3.05, 3.63) is 57.3 Å². The fourth-order valence-electron chi connectivity index (χ4n) is 2.72. The molecule has 0 fully saturated rings. The molecular formula is C16H19N3O2. The summed E-state index contributed by atoms with van der Waals surface area (Å²) in [6.45, 7) is 4.03. The number of nitrogens with zero attached hydrogens (tertiary/aromatic N) is 2. The number of nitrogens with one attached hydrogen (secondary N) is 1. The molecule has 2 aromatic rings. The van der Waals surface area contributed by atoms with Crippen molar-refractivity contribution < 1.29 is 4.74 Å². The molecule has 5 nitrogen and oxygen atoms in total. The number of methoxy groups -OCH3 is 1. The maximum absolute atomic E-state index is 12.6. The number of hydrogen-bond acceptors (Lipinski definition) is 4. The summed E-state index contributed by atoms with van der Waals surface area (Å²) in [7, 11) is 1.65. The van der Waals surface area contributed by atoms with E-state index in [4.69, 9.17) is 4.74 Å². The highest BCUT2D eigenvalue weighted by molar-refractivity contribution is 5.37. The molecule has 0 bridgehead atoms. The van der Waals surface area contributed by atoms with Gasteiger partial charge in [0.25, 0.3) is 5.56 Å². The molecule has 1 aliphatic rings. The van der Waals surface area contributed by atoms with E-state index in [0.29, 0.717) is 13.1 Å². The Bertz CT molecular complexity index is 722. The van der Waals surface area contributed by atoms with E-state index in [1.54, 1.807) is 18.0 Å². The Balaban J connectivity index is 1.99. The second-order valence-corrected chi connectivity index (χ2v) is 5.34. The Morgan fingerprint density at radius 1 is 1.43 bits per heavy atom. The van der Waals surface area contributed by atoms with Gasteiger partial charge in [0.15, 0.2) is 0 Å². The molecule has 21 heavy (non-hydrogen) atoms. The van der Waals surface area contributed by atoms with Crippen LogP contribution in [0.1, 0.15) is 22.4 Å². The summed E-state index contributed by atoms with van der Waals surface area (Å²) in [5, 5.41) is 3.23. The highest BCUT2D eigenvalue weighted by atomic mass is 16.5. The van der Waals surface area contributed by atoms with Crippen LogP contribution in [0.25, 0.3) is 0 Å². The molecule has 1 aromatic heterocycles. The van der Waals surface area contributed by atoms with Crippen molar-refractivity contribution >= 4 is 0 Å². The molecule has 2 heterocycles. The summed E-state index contributed by atoms with van der Waals surface area (Å²) < 4.78 is 7.05. The van der Waals surface area contributed by atoms with Gasteiger partial charge in [-0.3, -0.25) is 9.36 Å². The molecular weight excluding hydrogens is 266 g/mol. The summed E-state index contributed by atoms with van der Waals surface area (Å²) in [6.07, 6.45) is 2.38. The Kier molecular flexibility index (Phi) is 3.75. The van der Waals surface area contributed by atoms with Crippen molar-refractivity contribution in [3.8, 4) is 5.75 Å². The second kappa shape index (κ2) is 5.69. The number of rotatable bonds is 3. The number of aromatic nitrogens is 2. The Hall–Kier alpha value is -2.14. The quantitative estimate of drug-likeness (QED) is 0.922. The monoisotopic (exact) mass is 285 g/mol. The van der Waals surface area contributed by atoms with E-state index >= 15 is 0 Å². The molecule has 0 amide bonds. The maximum Gasteiger partial charge on any atom is 0.257 e. The van der Waals surface area contributed by atoms with Crippen LogP contribution in [0, 0.1) is 6.92 Å². The molecule has 5 heteroatoms. The zero-order valence-electron chi connectivity index (χ0n) is 12.3. The van der Waals surface area contributed by atoms with Gasteiger partial charge in [-0.1, -0.05) is 17.7 Å². The Labute approximate surface area is 123 Å². The molecule has 0 radical (unpaired) electrons. The van der Waals surface area contributed by atoms with Crippen LogP contribution in [0.4, 0.5) is 0 Å². The molecule has 1 N–H and O–H groups in total. The molecule has 0 atom stereocenters. The van der Waals surface area contributed by atoms with Gasteiger partial charge in [-0.25, -0.2) is 4.98 Å². The normalized spacial score (nSPS) is 13.8. The van der Waals surface area contributed by atoms with Gasteiger partial charge in [-0.2, -0.15) is 0 Å². The van der Waals surface area contributed by atoms with Crippen molar-refractivity contribution in [2.45, 2.75) is 26.4 Å². The predicted molar refractivity (Wildman–Crippen MR) is 80.7 cm³/mol. The number of benzene rings is 1. The van der Waals surface area contributed by atoms with E-state index in [-0.39, 0.29) is 5.56 Å². The molecule has 0 saturated heterocycles. The predicted octanol–water partition coefficient (Wildman–Crippen LogP) is 1.25. The van der Waals surface area contributed by atoms with E-state index in [9.17, 15) is 4.79 Å². The van der Waals surface area contributed by atoms with Crippen LogP contribution in [0.5, 0.6) is 5.75 Å². The minimum absolute atomic E-state index is 0.0602. The van der Waals surface area contributed by atoms with Crippen LogP contribution in [0.15, 0.2) is 29.3 Å². The Morgan fingerprint density at radius 2 is 2.29 bits per heavy atom. The zero-order valence-corrected chi connectivity index (χ0v) is 12.3. The Morgan fingerprint density at radius 3 is 3.10 bits per heavy atom. The van der Waals surface area contributed by atoms with Crippen molar-refractivity contribution in [1.82, 2.24) is 14.9 Å².